The van der Waals surface area contributed by atoms with E-state index in [9.17, 15) is 14.7 Å². The summed E-state index contributed by atoms with van der Waals surface area (Å²) in [5.41, 5.74) is -0.706. The summed E-state index contributed by atoms with van der Waals surface area (Å²) in [6.45, 7) is 1.73. The third-order valence-corrected chi connectivity index (χ3v) is 2.66. The number of rotatable bonds is 2. The molecule has 1 aromatic carbocycles. The Kier molecular flexibility index (Phi) is 3.25. The predicted molar refractivity (Wildman–Crippen MR) is 67.2 cm³/mol. The van der Waals surface area contributed by atoms with Gasteiger partial charge in [0.15, 0.2) is 5.56 Å². The molecule has 0 unspecified atom stereocenters. The van der Waals surface area contributed by atoms with Gasteiger partial charge in [0.2, 0.25) is 0 Å². The summed E-state index contributed by atoms with van der Waals surface area (Å²) in [4.78, 5) is 25.8. The fourth-order valence-corrected chi connectivity index (χ4v) is 1.81. The van der Waals surface area contributed by atoms with Crippen LogP contribution in [0, 0.1) is 0 Å². The van der Waals surface area contributed by atoms with E-state index in [1.54, 1.807) is 19.1 Å². The Hall–Kier alpha value is -2.01. The first-order valence-electron chi connectivity index (χ1n) is 5.26. The molecule has 2 aromatic rings. The number of carbonyl (C=O) groups excluding carboxylic acids is 1. The summed E-state index contributed by atoms with van der Waals surface area (Å²) in [6, 6.07) is 4.59. The maximum absolute atomic E-state index is 11.7. The molecule has 1 heterocycles. The van der Waals surface area contributed by atoms with Crippen molar-refractivity contribution in [1.29, 1.82) is 0 Å². The monoisotopic (exact) mass is 267 g/mol. The van der Waals surface area contributed by atoms with Gasteiger partial charge < -0.3 is 14.8 Å². The Morgan fingerprint density at radius 1 is 1.50 bits per heavy atom. The third kappa shape index (κ3) is 2.04. The van der Waals surface area contributed by atoms with E-state index in [2.05, 4.69) is 4.98 Å². The highest BCUT2D eigenvalue weighted by molar-refractivity contribution is 6.31. The first kappa shape index (κ1) is 12.4. The molecule has 6 heteroatoms. The Morgan fingerprint density at radius 2 is 2.22 bits per heavy atom. The van der Waals surface area contributed by atoms with Gasteiger partial charge in [0.05, 0.1) is 12.1 Å². The van der Waals surface area contributed by atoms with Crippen LogP contribution in [0.15, 0.2) is 23.0 Å². The minimum Gasteiger partial charge on any atom is -0.506 e. The van der Waals surface area contributed by atoms with Gasteiger partial charge >= 0.3 is 5.97 Å². The molecule has 18 heavy (non-hydrogen) atoms. The van der Waals surface area contributed by atoms with E-state index >= 15 is 0 Å². The normalized spacial score (nSPS) is 10.6. The zero-order chi connectivity index (χ0) is 13.3. The van der Waals surface area contributed by atoms with Crippen molar-refractivity contribution in [1.82, 2.24) is 4.98 Å². The number of aromatic hydroxyl groups is 1. The number of benzene rings is 1. The number of halogens is 1. The van der Waals surface area contributed by atoms with E-state index in [-0.39, 0.29) is 6.61 Å². The Labute approximate surface area is 107 Å². The van der Waals surface area contributed by atoms with Gasteiger partial charge in [-0.1, -0.05) is 11.6 Å². The highest BCUT2D eigenvalue weighted by atomic mass is 35.5. The molecule has 0 aliphatic heterocycles. The van der Waals surface area contributed by atoms with Crippen molar-refractivity contribution >= 4 is 28.5 Å². The molecule has 2 N–H and O–H groups in total. The molecular weight excluding hydrogens is 258 g/mol. The van der Waals surface area contributed by atoms with Gasteiger partial charge in [0, 0.05) is 10.4 Å². The zero-order valence-electron chi connectivity index (χ0n) is 9.49. The number of H-pyrrole nitrogens is 1. The van der Waals surface area contributed by atoms with Gasteiger partial charge in [0.1, 0.15) is 5.75 Å². The largest absolute Gasteiger partial charge is 0.506 e. The number of carbonyl (C=O) groups is 1. The molecule has 0 atom stereocenters. The molecule has 0 saturated carbocycles. The van der Waals surface area contributed by atoms with Crippen molar-refractivity contribution < 1.29 is 14.6 Å². The summed E-state index contributed by atoms with van der Waals surface area (Å²) < 4.78 is 4.72. The van der Waals surface area contributed by atoms with E-state index in [1.807, 2.05) is 0 Å². The molecule has 0 radical (unpaired) electrons. The molecule has 0 saturated heterocycles. The highest BCUT2D eigenvalue weighted by Gasteiger charge is 2.20. The summed E-state index contributed by atoms with van der Waals surface area (Å²) >= 11 is 5.80. The maximum atomic E-state index is 11.7. The SMILES string of the molecule is CCOC(=O)c1c(O)c2cc(Cl)ccc2[nH]c1=O. The lowest BCUT2D eigenvalue weighted by molar-refractivity contribution is 0.0521. The number of nitrogens with one attached hydrogen (secondary N) is 1. The van der Waals surface area contributed by atoms with Crippen LogP contribution in [0.5, 0.6) is 5.75 Å². The minimum atomic E-state index is -0.863. The Morgan fingerprint density at radius 3 is 2.89 bits per heavy atom. The average molecular weight is 268 g/mol. The number of aromatic amines is 1. The average Bonchev–Trinajstić information content (AvgIpc) is 2.31. The van der Waals surface area contributed by atoms with Crippen molar-refractivity contribution in [3.63, 3.8) is 0 Å². The van der Waals surface area contributed by atoms with Crippen LogP contribution in [0.3, 0.4) is 0 Å². The van der Waals surface area contributed by atoms with Gasteiger partial charge in [-0.05, 0) is 25.1 Å². The van der Waals surface area contributed by atoms with Crippen molar-refractivity contribution in [2.45, 2.75) is 6.92 Å². The first-order valence-corrected chi connectivity index (χ1v) is 5.64. The van der Waals surface area contributed by atoms with Gasteiger partial charge in [-0.25, -0.2) is 4.79 Å². The number of fused-ring (bicyclic) bond motifs is 1. The number of hydrogen-bond acceptors (Lipinski definition) is 4. The lowest BCUT2D eigenvalue weighted by atomic mass is 10.1. The third-order valence-electron chi connectivity index (χ3n) is 2.43. The molecule has 0 aliphatic carbocycles. The lowest BCUT2D eigenvalue weighted by Gasteiger charge is -2.07. The van der Waals surface area contributed by atoms with Crippen LogP contribution >= 0.6 is 11.6 Å². The Balaban J connectivity index is 2.75. The maximum Gasteiger partial charge on any atom is 0.347 e. The predicted octanol–water partition coefficient (Wildman–Crippen LogP) is 2.06. The van der Waals surface area contributed by atoms with E-state index in [0.29, 0.717) is 15.9 Å². The molecule has 0 bridgehead atoms. The van der Waals surface area contributed by atoms with Gasteiger partial charge in [-0.3, -0.25) is 4.79 Å². The van der Waals surface area contributed by atoms with Crippen molar-refractivity contribution in [3.05, 3.63) is 39.1 Å². The molecule has 5 nitrogen and oxygen atoms in total. The first-order chi connectivity index (χ1) is 8.54. The van der Waals surface area contributed by atoms with Gasteiger partial charge in [-0.2, -0.15) is 0 Å². The lowest BCUT2D eigenvalue weighted by Crippen LogP contribution is -2.20. The topological polar surface area (TPSA) is 79.4 Å². The standard InChI is InChI=1S/C12H10ClNO4/c1-2-18-12(17)9-10(15)7-5-6(13)3-4-8(7)14-11(9)16/h3-5H,2H2,1H3,(H2,14,15,16). The van der Waals surface area contributed by atoms with Crippen LogP contribution in [-0.2, 0) is 4.74 Å². The summed E-state index contributed by atoms with van der Waals surface area (Å²) in [5, 5.41) is 10.7. The minimum absolute atomic E-state index is 0.116. The van der Waals surface area contributed by atoms with Crippen molar-refractivity contribution in [2.75, 3.05) is 6.61 Å². The smallest absolute Gasteiger partial charge is 0.347 e. The molecule has 0 aliphatic rings. The van der Waals surface area contributed by atoms with Gasteiger partial charge in [-0.15, -0.1) is 0 Å². The second-order valence-corrected chi connectivity index (χ2v) is 4.02. The molecule has 94 valence electrons. The highest BCUT2D eigenvalue weighted by Crippen LogP contribution is 2.27. The number of hydrogen-bond donors (Lipinski definition) is 2. The summed E-state index contributed by atoms with van der Waals surface area (Å²) in [5.74, 6) is -1.28. The molecule has 0 amide bonds. The van der Waals surface area contributed by atoms with E-state index < -0.39 is 22.8 Å². The fourth-order valence-electron chi connectivity index (χ4n) is 1.64. The van der Waals surface area contributed by atoms with Crippen molar-refractivity contribution in [3.8, 4) is 5.75 Å². The van der Waals surface area contributed by atoms with Crippen LogP contribution in [0.2, 0.25) is 5.02 Å². The van der Waals surface area contributed by atoms with Crippen LogP contribution in [0.1, 0.15) is 17.3 Å². The van der Waals surface area contributed by atoms with Crippen molar-refractivity contribution in [2.24, 2.45) is 0 Å². The number of ether oxygens (including phenoxy) is 1. The quantitative estimate of drug-likeness (QED) is 0.817. The van der Waals surface area contributed by atoms with Crippen LogP contribution in [-0.4, -0.2) is 22.7 Å². The Bertz CT molecular complexity index is 678. The van der Waals surface area contributed by atoms with Gasteiger partial charge in [0.25, 0.3) is 5.56 Å². The molecule has 1 aromatic heterocycles. The second kappa shape index (κ2) is 4.70. The van der Waals surface area contributed by atoms with E-state index in [1.165, 1.54) is 6.07 Å². The van der Waals surface area contributed by atoms with Crippen LogP contribution in [0.4, 0.5) is 0 Å². The number of esters is 1. The molecule has 0 spiro atoms. The van der Waals surface area contributed by atoms with Crippen LogP contribution in [0.25, 0.3) is 10.9 Å². The molecule has 2 rings (SSSR count). The number of pyridine rings is 1. The zero-order valence-corrected chi connectivity index (χ0v) is 10.2. The number of aromatic nitrogens is 1. The van der Waals surface area contributed by atoms with E-state index in [0.717, 1.165) is 0 Å². The summed E-state index contributed by atoms with van der Waals surface area (Å²) in [7, 11) is 0. The molecular formula is C12H10ClNO4. The van der Waals surface area contributed by atoms with Crippen LogP contribution < -0.4 is 5.56 Å². The molecule has 0 fully saturated rings. The van der Waals surface area contributed by atoms with E-state index in [4.69, 9.17) is 16.3 Å². The summed E-state index contributed by atoms with van der Waals surface area (Å²) in [6.07, 6.45) is 0. The second-order valence-electron chi connectivity index (χ2n) is 3.59. The fraction of sp³-hybridized carbons (Fsp3) is 0.167.